The number of hydrogen-bond donors (Lipinski definition) is 1. The third-order valence-electron chi connectivity index (χ3n) is 5.56. The third-order valence-corrected chi connectivity index (χ3v) is 8.45. The number of imidazole rings is 1. The highest BCUT2D eigenvalue weighted by Gasteiger charge is 2.25. The molecule has 0 unspecified atom stereocenters. The minimum atomic E-state index is -3.48. The van der Waals surface area contributed by atoms with E-state index in [-0.39, 0.29) is 16.6 Å². The molecule has 176 valence electrons. The molecule has 0 bridgehead atoms. The summed E-state index contributed by atoms with van der Waals surface area (Å²) in [5.74, 6) is 0.00131. The normalized spacial score (nSPS) is 15.1. The van der Waals surface area contributed by atoms with Gasteiger partial charge in [0.25, 0.3) is 0 Å². The van der Waals surface area contributed by atoms with Crippen molar-refractivity contribution in [3.8, 4) is 0 Å². The average molecular weight is 489 g/mol. The van der Waals surface area contributed by atoms with Gasteiger partial charge in [0.2, 0.25) is 15.9 Å². The van der Waals surface area contributed by atoms with Crippen LogP contribution in [0, 0.1) is 0 Å². The van der Waals surface area contributed by atoms with E-state index >= 15 is 0 Å². The van der Waals surface area contributed by atoms with Gasteiger partial charge >= 0.3 is 0 Å². The molecule has 1 aliphatic rings. The number of anilines is 1. The minimum Gasteiger partial charge on any atom is -0.383 e. The molecular weight excluding hydrogens is 460 g/mol. The van der Waals surface area contributed by atoms with Crippen LogP contribution in [0.1, 0.15) is 19.3 Å². The molecule has 33 heavy (non-hydrogen) atoms. The number of methoxy groups -OCH3 is 1. The van der Waals surface area contributed by atoms with Crippen molar-refractivity contribution in [2.45, 2.75) is 35.9 Å². The van der Waals surface area contributed by atoms with Gasteiger partial charge in [-0.05, 0) is 49.2 Å². The molecule has 1 aromatic heterocycles. The van der Waals surface area contributed by atoms with E-state index in [1.165, 1.54) is 16.1 Å². The van der Waals surface area contributed by atoms with Crippen molar-refractivity contribution in [3.05, 3.63) is 48.5 Å². The molecule has 8 nitrogen and oxygen atoms in total. The molecule has 1 fully saturated rings. The number of aromatic nitrogens is 2. The van der Waals surface area contributed by atoms with Gasteiger partial charge in [-0.25, -0.2) is 13.4 Å². The van der Waals surface area contributed by atoms with Crippen molar-refractivity contribution in [2.75, 3.05) is 37.9 Å². The third kappa shape index (κ3) is 5.57. The fourth-order valence-electron chi connectivity index (χ4n) is 3.85. The largest absolute Gasteiger partial charge is 0.383 e. The lowest BCUT2D eigenvalue weighted by Crippen LogP contribution is -2.35. The van der Waals surface area contributed by atoms with Crippen molar-refractivity contribution in [2.24, 2.45) is 0 Å². The van der Waals surface area contributed by atoms with E-state index < -0.39 is 10.0 Å². The summed E-state index contributed by atoms with van der Waals surface area (Å²) < 4.78 is 34.4. The second-order valence-corrected chi connectivity index (χ2v) is 10.7. The number of carbonyl (C=O) groups excluding carboxylic acids is 1. The Morgan fingerprint density at radius 2 is 1.82 bits per heavy atom. The maximum Gasteiger partial charge on any atom is 0.243 e. The van der Waals surface area contributed by atoms with E-state index in [4.69, 9.17) is 4.74 Å². The molecule has 0 spiro atoms. The number of nitrogens with one attached hydrogen (secondary N) is 1. The number of ether oxygens (including phenoxy) is 1. The summed E-state index contributed by atoms with van der Waals surface area (Å²) in [5.41, 5.74) is 2.44. The lowest BCUT2D eigenvalue weighted by molar-refractivity contribution is -0.113. The van der Waals surface area contributed by atoms with Gasteiger partial charge in [0.05, 0.1) is 28.3 Å². The molecular formula is C23H28N4O4S2. The number of hydrogen-bond acceptors (Lipinski definition) is 6. The zero-order chi connectivity index (χ0) is 23.3. The Morgan fingerprint density at radius 1 is 1.09 bits per heavy atom. The Balaban J connectivity index is 1.38. The van der Waals surface area contributed by atoms with E-state index in [0.717, 1.165) is 35.5 Å². The topological polar surface area (TPSA) is 93.5 Å². The Morgan fingerprint density at radius 3 is 2.55 bits per heavy atom. The lowest BCUT2D eigenvalue weighted by Gasteiger charge is -2.25. The van der Waals surface area contributed by atoms with Crippen LogP contribution in [-0.4, -0.2) is 60.7 Å². The van der Waals surface area contributed by atoms with Crippen LogP contribution >= 0.6 is 11.8 Å². The van der Waals surface area contributed by atoms with E-state index in [1.54, 1.807) is 31.4 Å². The van der Waals surface area contributed by atoms with Crippen LogP contribution in [0.2, 0.25) is 0 Å². The highest BCUT2D eigenvalue weighted by molar-refractivity contribution is 7.99. The summed E-state index contributed by atoms with van der Waals surface area (Å²) in [6.07, 6.45) is 2.85. The summed E-state index contributed by atoms with van der Waals surface area (Å²) in [4.78, 5) is 17.4. The fraction of sp³-hybridized carbons (Fsp3) is 0.391. The van der Waals surface area contributed by atoms with Crippen molar-refractivity contribution >= 4 is 44.4 Å². The number of piperidine rings is 1. The van der Waals surface area contributed by atoms with Gasteiger partial charge in [-0.3, -0.25) is 4.79 Å². The maximum absolute atomic E-state index is 12.8. The van der Waals surface area contributed by atoms with Crippen molar-refractivity contribution < 1.29 is 17.9 Å². The molecule has 2 aromatic carbocycles. The molecule has 1 aliphatic heterocycles. The highest BCUT2D eigenvalue weighted by Crippen LogP contribution is 2.25. The number of para-hydroxylation sites is 2. The SMILES string of the molecule is COCCn1c(SCC(=O)Nc2ccc(S(=O)(=O)N3CCCCC3)cc2)nc2ccccc21. The van der Waals surface area contributed by atoms with Crippen LogP contribution in [0.4, 0.5) is 5.69 Å². The summed E-state index contributed by atoms with van der Waals surface area (Å²) in [7, 11) is -1.83. The van der Waals surface area contributed by atoms with Gasteiger partial charge < -0.3 is 14.6 Å². The first-order valence-corrected chi connectivity index (χ1v) is 13.4. The van der Waals surface area contributed by atoms with Crippen LogP contribution in [0.15, 0.2) is 58.6 Å². The van der Waals surface area contributed by atoms with Crippen molar-refractivity contribution in [1.82, 2.24) is 13.9 Å². The lowest BCUT2D eigenvalue weighted by atomic mass is 10.2. The molecule has 10 heteroatoms. The van der Waals surface area contributed by atoms with E-state index in [0.29, 0.717) is 31.9 Å². The average Bonchev–Trinajstić information content (AvgIpc) is 3.19. The Labute approximate surface area is 198 Å². The first-order chi connectivity index (χ1) is 16.0. The van der Waals surface area contributed by atoms with Gasteiger partial charge in [-0.15, -0.1) is 0 Å². The summed E-state index contributed by atoms with van der Waals surface area (Å²) in [5, 5.41) is 3.59. The fourth-order valence-corrected chi connectivity index (χ4v) is 6.21. The molecule has 0 aliphatic carbocycles. The van der Waals surface area contributed by atoms with Crippen LogP contribution in [0.5, 0.6) is 0 Å². The van der Waals surface area contributed by atoms with Gasteiger partial charge in [-0.2, -0.15) is 4.31 Å². The number of fused-ring (bicyclic) bond motifs is 1. The Bertz CT molecular complexity index is 1200. The van der Waals surface area contributed by atoms with E-state index in [2.05, 4.69) is 14.9 Å². The van der Waals surface area contributed by atoms with Crippen LogP contribution in [0.3, 0.4) is 0 Å². The zero-order valence-corrected chi connectivity index (χ0v) is 20.2. The smallest absolute Gasteiger partial charge is 0.243 e. The predicted octanol–water partition coefficient (Wildman–Crippen LogP) is 3.59. The van der Waals surface area contributed by atoms with Gasteiger partial charge in [0.15, 0.2) is 5.16 Å². The van der Waals surface area contributed by atoms with E-state index in [1.807, 2.05) is 24.3 Å². The summed E-state index contributed by atoms with van der Waals surface area (Å²) in [6, 6.07) is 14.2. The Kier molecular flexibility index (Phi) is 7.69. The standard InChI is InChI=1S/C23H28N4O4S2/c1-31-16-15-27-21-8-4-3-7-20(21)25-23(27)32-17-22(28)24-18-9-11-19(12-10-18)33(29,30)26-13-5-2-6-14-26/h3-4,7-12H,2,5-6,13-17H2,1H3,(H,24,28). The molecule has 1 saturated heterocycles. The number of nitrogens with zero attached hydrogens (tertiary/aromatic N) is 3. The molecule has 4 rings (SSSR count). The quantitative estimate of drug-likeness (QED) is 0.463. The first-order valence-electron chi connectivity index (χ1n) is 11.0. The van der Waals surface area contributed by atoms with Crippen LogP contribution in [0.25, 0.3) is 11.0 Å². The second kappa shape index (κ2) is 10.7. The molecule has 0 saturated carbocycles. The van der Waals surface area contributed by atoms with Crippen molar-refractivity contribution in [3.63, 3.8) is 0 Å². The number of sulfonamides is 1. The maximum atomic E-state index is 12.8. The number of amides is 1. The van der Waals surface area contributed by atoms with Gasteiger partial charge in [0.1, 0.15) is 0 Å². The van der Waals surface area contributed by atoms with E-state index in [9.17, 15) is 13.2 Å². The summed E-state index contributed by atoms with van der Waals surface area (Å²) >= 11 is 1.36. The molecule has 1 N–H and O–H groups in total. The molecule has 2 heterocycles. The molecule has 0 atom stereocenters. The predicted molar refractivity (Wildman–Crippen MR) is 130 cm³/mol. The number of thioether (sulfide) groups is 1. The summed E-state index contributed by atoms with van der Waals surface area (Å²) in [6.45, 7) is 2.32. The molecule has 0 radical (unpaired) electrons. The zero-order valence-electron chi connectivity index (χ0n) is 18.6. The number of benzene rings is 2. The number of carbonyl (C=O) groups is 1. The second-order valence-electron chi connectivity index (χ2n) is 7.85. The van der Waals surface area contributed by atoms with Gasteiger partial charge in [0, 0.05) is 32.4 Å². The minimum absolute atomic E-state index is 0.183. The van der Waals surface area contributed by atoms with Crippen LogP contribution < -0.4 is 5.32 Å². The first kappa shape index (κ1) is 23.7. The van der Waals surface area contributed by atoms with Gasteiger partial charge in [-0.1, -0.05) is 30.3 Å². The van der Waals surface area contributed by atoms with Crippen LogP contribution in [-0.2, 0) is 26.1 Å². The number of rotatable bonds is 9. The molecule has 1 amide bonds. The highest BCUT2D eigenvalue weighted by atomic mass is 32.2. The molecule has 3 aromatic rings. The monoisotopic (exact) mass is 488 g/mol. The Hall–Kier alpha value is -2.40. The van der Waals surface area contributed by atoms with Crippen molar-refractivity contribution in [1.29, 1.82) is 0 Å².